The molecule has 0 saturated heterocycles. The van der Waals surface area contributed by atoms with Crippen molar-refractivity contribution >= 4 is 22.5 Å². The third-order valence-corrected chi connectivity index (χ3v) is 9.81. The summed E-state index contributed by atoms with van der Waals surface area (Å²) in [6, 6.07) is 13.8. The predicted octanol–water partition coefficient (Wildman–Crippen LogP) is 3.56. The molecule has 2 aromatic carbocycles. The Hall–Kier alpha value is -2.08. The molecule has 120 valence electrons. The van der Waals surface area contributed by atoms with E-state index in [2.05, 4.69) is 0 Å². The summed E-state index contributed by atoms with van der Waals surface area (Å²) in [6.45, 7) is 0. The summed E-state index contributed by atoms with van der Waals surface area (Å²) < 4.78 is 10.1. The van der Waals surface area contributed by atoms with E-state index in [1.165, 1.54) is 0 Å². The third-order valence-electron chi connectivity index (χ3n) is 3.84. The van der Waals surface area contributed by atoms with E-state index in [9.17, 15) is 9.59 Å². The van der Waals surface area contributed by atoms with Gasteiger partial charge in [-0.15, -0.1) is 0 Å². The molecule has 0 aliphatic heterocycles. The van der Waals surface area contributed by atoms with Crippen molar-refractivity contribution in [3.63, 3.8) is 0 Å². The number of ether oxygens (including phenoxy) is 2. The molecule has 0 spiro atoms. The van der Waals surface area contributed by atoms with Crippen molar-refractivity contribution in [3.05, 3.63) is 59.7 Å². The van der Waals surface area contributed by atoms with Crippen LogP contribution in [0.25, 0.3) is 0 Å². The van der Waals surface area contributed by atoms with Crippen LogP contribution in [0.4, 0.5) is 0 Å². The first-order valence-corrected chi connectivity index (χ1v) is 13.6. The number of rotatable bonds is 6. The topological polar surface area (TPSA) is 52.6 Å². The van der Waals surface area contributed by atoms with Crippen molar-refractivity contribution in [2.45, 2.75) is 11.5 Å². The molecule has 23 heavy (non-hydrogen) atoms. The summed E-state index contributed by atoms with van der Waals surface area (Å²) in [7, 11) is 3.15. The van der Waals surface area contributed by atoms with Crippen molar-refractivity contribution in [2.24, 2.45) is 0 Å². The van der Waals surface area contributed by atoms with Gasteiger partial charge in [-0.2, -0.15) is 0 Å². The number of methoxy groups -OCH3 is 2. The van der Waals surface area contributed by atoms with Gasteiger partial charge in [0.15, 0.2) is 0 Å². The molecule has 2 rings (SSSR count). The molecule has 0 aliphatic carbocycles. The molecular formula is C18H20GeO4. The van der Waals surface area contributed by atoms with Gasteiger partial charge < -0.3 is 0 Å². The van der Waals surface area contributed by atoms with Gasteiger partial charge in [0.1, 0.15) is 0 Å². The third kappa shape index (κ3) is 3.64. The quantitative estimate of drug-likeness (QED) is 0.727. The van der Waals surface area contributed by atoms with Crippen molar-refractivity contribution < 1.29 is 19.1 Å². The average Bonchev–Trinajstić information content (AvgIpc) is 2.60. The monoisotopic (exact) mass is 374 g/mol. The Labute approximate surface area is 138 Å². The van der Waals surface area contributed by atoms with E-state index in [4.69, 9.17) is 9.47 Å². The normalized spacial score (nSPS) is 11.0. The molecule has 4 nitrogen and oxygen atoms in total. The van der Waals surface area contributed by atoms with Crippen LogP contribution in [0.5, 0.6) is 11.5 Å². The van der Waals surface area contributed by atoms with Gasteiger partial charge in [-0.05, 0) is 0 Å². The maximum absolute atomic E-state index is 12.8. The van der Waals surface area contributed by atoms with Crippen LogP contribution in [0.2, 0.25) is 11.5 Å². The first-order valence-electron chi connectivity index (χ1n) is 7.28. The van der Waals surface area contributed by atoms with E-state index < -0.39 is 13.3 Å². The summed E-state index contributed by atoms with van der Waals surface area (Å²) in [4.78, 5) is 25.6. The fraction of sp³-hybridized carbons (Fsp3) is 0.222. The Bertz CT molecular complexity index is 641. The number of benzene rings is 2. The SMILES string of the molecule is COc1ccc([C](=O)[Ge]([CH3])([CH3])[C](=O)c2ccc(OC)cc2)cc1. The number of hydrogen-bond donors (Lipinski definition) is 0. The van der Waals surface area contributed by atoms with Crippen LogP contribution in [0.3, 0.4) is 0 Å². The zero-order valence-corrected chi connectivity index (χ0v) is 15.8. The summed E-state index contributed by atoms with van der Waals surface area (Å²) in [5.74, 6) is 5.04. The summed E-state index contributed by atoms with van der Waals surface area (Å²) in [5, 5.41) is 0. The van der Waals surface area contributed by atoms with Crippen LogP contribution in [0, 0.1) is 0 Å². The van der Waals surface area contributed by atoms with Crippen LogP contribution in [0.15, 0.2) is 48.5 Å². The molecule has 0 fully saturated rings. The van der Waals surface area contributed by atoms with E-state index in [0.717, 1.165) is 0 Å². The Kier molecular flexibility index (Phi) is 5.26. The minimum absolute atomic E-state index is 0.0338. The van der Waals surface area contributed by atoms with Crippen molar-refractivity contribution in [2.75, 3.05) is 14.2 Å². The minimum atomic E-state index is -3.39. The second kappa shape index (κ2) is 7.00. The maximum atomic E-state index is 12.8. The Morgan fingerprint density at radius 1 is 0.696 bits per heavy atom. The molecule has 0 N–H and O–H groups in total. The second-order valence-electron chi connectivity index (χ2n) is 5.74. The van der Waals surface area contributed by atoms with Gasteiger partial charge in [0.25, 0.3) is 0 Å². The Morgan fingerprint density at radius 2 is 1.00 bits per heavy atom. The van der Waals surface area contributed by atoms with Crippen LogP contribution >= 0.6 is 0 Å². The zero-order valence-electron chi connectivity index (χ0n) is 13.8. The molecule has 0 atom stereocenters. The Balaban J connectivity index is 2.27. The van der Waals surface area contributed by atoms with Crippen LogP contribution < -0.4 is 9.47 Å². The molecule has 0 aromatic heterocycles. The second-order valence-corrected chi connectivity index (χ2v) is 14.5. The van der Waals surface area contributed by atoms with Gasteiger partial charge in [0.2, 0.25) is 0 Å². The summed E-state index contributed by atoms with van der Waals surface area (Å²) in [6.07, 6.45) is 0. The molecule has 0 unspecified atom stereocenters. The van der Waals surface area contributed by atoms with E-state index >= 15 is 0 Å². The van der Waals surface area contributed by atoms with Gasteiger partial charge in [0, 0.05) is 0 Å². The van der Waals surface area contributed by atoms with Crippen molar-refractivity contribution in [1.29, 1.82) is 0 Å². The summed E-state index contributed by atoms with van der Waals surface area (Å²) in [5.41, 5.74) is 1.13. The standard InChI is InChI=1S/C18H20GeO4/c1-19(2,17(20)13-5-9-15(22-3)10-6-13)18(21)14-7-11-16(23-4)12-8-14/h5-12H,1-4H3. The van der Waals surface area contributed by atoms with E-state index in [0.29, 0.717) is 22.6 Å². The van der Waals surface area contributed by atoms with Gasteiger partial charge in [-0.25, -0.2) is 0 Å². The van der Waals surface area contributed by atoms with Gasteiger partial charge in [0.05, 0.1) is 0 Å². The molecule has 0 aliphatic rings. The molecule has 5 heteroatoms. The van der Waals surface area contributed by atoms with Crippen LogP contribution in [-0.4, -0.2) is 36.7 Å². The summed E-state index contributed by atoms with van der Waals surface area (Å²) >= 11 is -3.39. The predicted molar refractivity (Wildman–Crippen MR) is 92.1 cm³/mol. The Morgan fingerprint density at radius 3 is 1.26 bits per heavy atom. The van der Waals surface area contributed by atoms with Gasteiger partial charge in [-0.3, -0.25) is 0 Å². The van der Waals surface area contributed by atoms with Gasteiger partial charge >= 0.3 is 138 Å². The van der Waals surface area contributed by atoms with Crippen molar-refractivity contribution in [3.8, 4) is 11.5 Å². The number of carbonyl (C=O) groups excluding carboxylic acids is 2. The number of hydrogen-bond acceptors (Lipinski definition) is 4. The molecule has 0 heterocycles. The molecular weight excluding hydrogens is 353 g/mol. The number of carbonyl (C=O) groups is 2. The van der Waals surface area contributed by atoms with E-state index in [1.54, 1.807) is 62.8 Å². The first-order chi connectivity index (χ1) is 10.9. The average molecular weight is 373 g/mol. The molecule has 0 saturated carbocycles. The van der Waals surface area contributed by atoms with Crippen LogP contribution in [0.1, 0.15) is 20.7 Å². The fourth-order valence-corrected chi connectivity index (χ4v) is 6.47. The van der Waals surface area contributed by atoms with Crippen molar-refractivity contribution in [1.82, 2.24) is 0 Å². The molecule has 0 radical (unpaired) electrons. The van der Waals surface area contributed by atoms with Gasteiger partial charge in [-0.1, -0.05) is 0 Å². The van der Waals surface area contributed by atoms with Crippen LogP contribution in [-0.2, 0) is 0 Å². The first kappa shape index (κ1) is 17.3. The van der Waals surface area contributed by atoms with E-state index in [-0.39, 0.29) is 9.23 Å². The zero-order chi connectivity index (χ0) is 17.0. The molecule has 0 bridgehead atoms. The fourth-order valence-electron chi connectivity index (χ4n) is 2.31. The molecule has 2 aromatic rings. The molecule has 0 amide bonds. The van der Waals surface area contributed by atoms with E-state index in [1.807, 2.05) is 11.5 Å².